The minimum absolute atomic E-state index is 0.729. The van der Waals surface area contributed by atoms with Crippen molar-refractivity contribution in [1.82, 2.24) is 14.4 Å². The molecule has 3 aromatic heterocycles. The average molecular weight is 308 g/mol. The van der Waals surface area contributed by atoms with Crippen LogP contribution in [0.2, 0.25) is 5.02 Å². The standard InChI is InChI=1S/C18H14ClN3/c1-2-14-6-7-15-16(12-4-3-5-13(19)10-12)11-17-20-8-9-22(17)18(15)21-14/h3-11H,2H2,1H3. The Labute approximate surface area is 133 Å². The lowest BCUT2D eigenvalue weighted by atomic mass is 10.0. The van der Waals surface area contributed by atoms with Gasteiger partial charge in [-0.2, -0.15) is 0 Å². The van der Waals surface area contributed by atoms with Gasteiger partial charge >= 0.3 is 0 Å². The molecule has 0 fully saturated rings. The first-order valence-corrected chi connectivity index (χ1v) is 7.65. The Kier molecular flexibility index (Phi) is 3.09. The summed E-state index contributed by atoms with van der Waals surface area (Å²) in [6, 6.07) is 14.2. The van der Waals surface area contributed by atoms with Crippen LogP contribution in [0.15, 0.2) is 54.9 Å². The minimum atomic E-state index is 0.729. The number of hydrogen-bond donors (Lipinski definition) is 0. The SMILES string of the molecule is CCc1ccc2c(-c3cccc(Cl)c3)cc3nccn3c2n1. The summed E-state index contributed by atoms with van der Waals surface area (Å²) in [6.45, 7) is 2.11. The lowest BCUT2D eigenvalue weighted by molar-refractivity contribution is 1.04. The quantitative estimate of drug-likeness (QED) is 0.534. The molecule has 0 unspecified atom stereocenters. The number of imidazole rings is 1. The van der Waals surface area contributed by atoms with Gasteiger partial charge in [0.1, 0.15) is 11.3 Å². The topological polar surface area (TPSA) is 30.2 Å². The molecule has 3 heterocycles. The Bertz CT molecular complexity index is 988. The predicted octanol–water partition coefficient (Wildman–Crippen LogP) is 4.77. The summed E-state index contributed by atoms with van der Waals surface area (Å²) in [6.07, 6.45) is 4.66. The van der Waals surface area contributed by atoms with E-state index in [4.69, 9.17) is 16.6 Å². The first-order chi connectivity index (χ1) is 10.8. The highest BCUT2D eigenvalue weighted by Gasteiger charge is 2.11. The minimum Gasteiger partial charge on any atom is -0.284 e. The highest BCUT2D eigenvalue weighted by Crippen LogP contribution is 2.31. The second-order valence-corrected chi connectivity index (χ2v) is 5.69. The molecule has 108 valence electrons. The fourth-order valence-corrected chi connectivity index (χ4v) is 2.97. The molecule has 0 N–H and O–H groups in total. The summed E-state index contributed by atoms with van der Waals surface area (Å²) in [5, 5.41) is 1.83. The lowest BCUT2D eigenvalue weighted by Gasteiger charge is -2.10. The van der Waals surface area contributed by atoms with Crippen molar-refractivity contribution in [3.8, 4) is 11.1 Å². The Morgan fingerprint density at radius 1 is 1.14 bits per heavy atom. The van der Waals surface area contributed by atoms with E-state index >= 15 is 0 Å². The molecule has 4 aromatic rings. The lowest BCUT2D eigenvalue weighted by Crippen LogP contribution is -1.96. The van der Waals surface area contributed by atoms with E-state index in [-0.39, 0.29) is 0 Å². The molecule has 0 atom stereocenters. The number of aryl methyl sites for hydroxylation is 1. The number of benzene rings is 1. The molecular formula is C18H14ClN3. The van der Waals surface area contributed by atoms with Gasteiger partial charge < -0.3 is 0 Å². The van der Waals surface area contributed by atoms with Gasteiger partial charge in [0.05, 0.1) is 0 Å². The molecule has 0 spiro atoms. The molecule has 0 aliphatic heterocycles. The summed E-state index contributed by atoms with van der Waals surface area (Å²) in [5.74, 6) is 0. The summed E-state index contributed by atoms with van der Waals surface area (Å²) in [5.41, 5.74) is 5.08. The Morgan fingerprint density at radius 3 is 2.86 bits per heavy atom. The molecule has 0 radical (unpaired) electrons. The molecule has 0 saturated carbocycles. The van der Waals surface area contributed by atoms with Crippen LogP contribution in [-0.2, 0) is 6.42 Å². The van der Waals surface area contributed by atoms with E-state index in [0.29, 0.717) is 0 Å². The number of rotatable bonds is 2. The molecule has 0 bridgehead atoms. The number of aromatic nitrogens is 3. The van der Waals surface area contributed by atoms with Crippen molar-refractivity contribution < 1.29 is 0 Å². The van der Waals surface area contributed by atoms with E-state index in [1.54, 1.807) is 6.20 Å². The van der Waals surface area contributed by atoms with Crippen LogP contribution in [0.4, 0.5) is 0 Å². The fourth-order valence-electron chi connectivity index (χ4n) is 2.78. The first kappa shape index (κ1) is 13.3. The van der Waals surface area contributed by atoms with Crippen molar-refractivity contribution in [3.05, 3.63) is 65.6 Å². The van der Waals surface area contributed by atoms with E-state index in [1.807, 2.05) is 28.8 Å². The molecule has 22 heavy (non-hydrogen) atoms. The van der Waals surface area contributed by atoms with Gasteiger partial charge in [0.25, 0.3) is 0 Å². The maximum absolute atomic E-state index is 6.15. The second-order valence-electron chi connectivity index (χ2n) is 5.25. The van der Waals surface area contributed by atoms with Crippen molar-refractivity contribution in [3.63, 3.8) is 0 Å². The monoisotopic (exact) mass is 307 g/mol. The van der Waals surface area contributed by atoms with E-state index in [0.717, 1.165) is 44.9 Å². The van der Waals surface area contributed by atoms with E-state index in [9.17, 15) is 0 Å². The van der Waals surface area contributed by atoms with Gasteiger partial charge in [-0.25, -0.2) is 9.97 Å². The fraction of sp³-hybridized carbons (Fsp3) is 0.111. The highest BCUT2D eigenvalue weighted by molar-refractivity contribution is 6.30. The zero-order valence-corrected chi connectivity index (χ0v) is 12.9. The van der Waals surface area contributed by atoms with Gasteiger partial charge in [-0.3, -0.25) is 4.40 Å². The highest BCUT2D eigenvalue weighted by atomic mass is 35.5. The maximum atomic E-state index is 6.15. The maximum Gasteiger partial charge on any atom is 0.146 e. The number of hydrogen-bond acceptors (Lipinski definition) is 2. The molecule has 0 amide bonds. The summed E-state index contributed by atoms with van der Waals surface area (Å²) < 4.78 is 2.03. The molecule has 0 aliphatic carbocycles. The smallest absolute Gasteiger partial charge is 0.146 e. The first-order valence-electron chi connectivity index (χ1n) is 7.28. The van der Waals surface area contributed by atoms with Crippen molar-refractivity contribution in [1.29, 1.82) is 0 Å². The van der Waals surface area contributed by atoms with Crippen LogP contribution < -0.4 is 0 Å². The van der Waals surface area contributed by atoms with Gasteiger partial charge in [-0.05, 0) is 47.9 Å². The normalized spacial score (nSPS) is 11.4. The van der Waals surface area contributed by atoms with Crippen LogP contribution in [0.25, 0.3) is 27.8 Å². The molecule has 0 saturated heterocycles. The van der Waals surface area contributed by atoms with Crippen molar-refractivity contribution in [2.24, 2.45) is 0 Å². The molecule has 0 aliphatic rings. The average Bonchev–Trinajstić information content (AvgIpc) is 3.02. The third-order valence-electron chi connectivity index (χ3n) is 3.89. The van der Waals surface area contributed by atoms with Crippen LogP contribution in [0.1, 0.15) is 12.6 Å². The molecule has 4 rings (SSSR count). The van der Waals surface area contributed by atoms with E-state index < -0.39 is 0 Å². The molecule has 1 aromatic carbocycles. The summed E-state index contributed by atoms with van der Waals surface area (Å²) >= 11 is 6.15. The van der Waals surface area contributed by atoms with Gasteiger partial charge in [-0.15, -0.1) is 0 Å². The molecular weight excluding hydrogens is 294 g/mol. The zero-order valence-electron chi connectivity index (χ0n) is 12.1. The van der Waals surface area contributed by atoms with Gasteiger partial charge in [0.15, 0.2) is 0 Å². The summed E-state index contributed by atoms with van der Waals surface area (Å²) in [7, 11) is 0. The van der Waals surface area contributed by atoms with Crippen LogP contribution in [0, 0.1) is 0 Å². The second kappa shape index (κ2) is 5.11. The van der Waals surface area contributed by atoms with Crippen LogP contribution >= 0.6 is 11.6 Å². The van der Waals surface area contributed by atoms with Crippen molar-refractivity contribution >= 4 is 28.3 Å². The Morgan fingerprint density at radius 2 is 2.05 bits per heavy atom. The third-order valence-corrected chi connectivity index (χ3v) is 4.13. The number of halogens is 1. The zero-order chi connectivity index (χ0) is 15.1. The van der Waals surface area contributed by atoms with Crippen LogP contribution in [0.3, 0.4) is 0 Å². The van der Waals surface area contributed by atoms with Gasteiger partial charge in [0, 0.05) is 28.5 Å². The Balaban J connectivity index is 2.12. The largest absolute Gasteiger partial charge is 0.284 e. The van der Waals surface area contributed by atoms with E-state index in [2.05, 4.69) is 36.2 Å². The summed E-state index contributed by atoms with van der Waals surface area (Å²) in [4.78, 5) is 9.22. The van der Waals surface area contributed by atoms with Gasteiger partial charge in [0.2, 0.25) is 0 Å². The van der Waals surface area contributed by atoms with Crippen LogP contribution in [0.5, 0.6) is 0 Å². The Hall–Kier alpha value is -2.39. The molecule has 3 nitrogen and oxygen atoms in total. The number of pyridine rings is 2. The van der Waals surface area contributed by atoms with Crippen molar-refractivity contribution in [2.75, 3.05) is 0 Å². The number of fused-ring (bicyclic) bond motifs is 3. The molecule has 4 heteroatoms. The van der Waals surface area contributed by atoms with Crippen molar-refractivity contribution in [2.45, 2.75) is 13.3 Å². The van der Waals surface area contributed by atoms with Gasteiger partial charge in [-0.1, -0.05) is 30.7 Å². The van der Waals surface area contributed by atoms with E-state index in [1.165, 1.54) is 0 Å². The number of nitrogens with zero attached hydrogens (tertiary/aromatic N) is 3. The van der Waals surface area contributed by atoms with Crippen LogP contribution in [-0.4, -0.2) is 14.4 Å². The third kappa shape index (κ3) is 2.06. The predicted molar refractivity (Wildman–Crippen MR) is 90.3 cm³/mol.